The molecule has 0 aliphatic heterocycles. The van der Waals surface area contributed by atoms with E-state index < -0.39 is 0 Å². The van der Waals surface area contributed by atoms with Crippen molar-refractivity contribution >= 4 is 11.6 Å². The molecule has 0 fully saturated rings. The minimum Gasteiger partial charge on any atom is -0.491 e. The molecule has 2 aromatic rings. The number of rotatable bonds is 5. The van der Waals surface area contributed by atoms with Crippen molar-refractivity contribution in [3.63, 3.8) is 0 Å². The molecule has 0 aliphatic carbocycles. The predicted octanol–water partition coefficient (Wildman–Crippen LogP) is 4.85. The molecular weight excluding hydrogens is 284 g/mol. The molecule has 3 nitrogen and oxygen atoms in total. The maximum atomic E-state index is 6.23. The lowest BCUT2D eigenvalue weighted by atomic mass is 10.1. The number of benzene rings is 1. The third-order valence-corrected chi connectivity index (χ3v) is 3.47. The zero-order valence-electron chi connectivity index (χ0n) is 13.0. The number of nitrogens with zero attached hydrogens (tertiary/aromatic N) is 2. The summed E-state index contributed by atoms with van der Waals surface area (Å²) in [6.45, 7) is 8.08. The fraction of sp³-hybridized carbons (Fsp3) is 0.412. The van der Waals surface area contributed by atoms with E-state index in [1.54, 1.807) is 0 Å². The molecule has 0 unspecified atom stereocenters. The maximum absolute atomic E-state index is 6.23. The number of aromatic nitrogens is 2. The van der Waals surface area contributed by atoms with E-state index in [9.17, 15) is 0 Å². The summed E-state index contributed by atoms with van der Waals surface area (Å²) in [5.41, 5.74) is 2.84. The van der Waals surface area contributed by atoms with E-state index in [-0.39, 0.29) is 6.10 Å². The predicted molar refractivity (Wildman–Crippen MR) is 87.0 cm³/mol. The Morgan fingerprint density at radius 3 is 2.38 bits per heavy atom. The van der Waals surface area contributed by atoms with Gasteiger partial charge in [-0.3, -0.25) is 0 Å². The highest BCUT2D eigenvalue weighted by molar-refractivity contribution is 6.30. The highest BCUT2D eigenvalue weighted by Crippen LogP contribution is 2.27. The second-order valence-corrected chi connectivity index (χ2v) is 5.70. The summed E-state index contributed by atoms with van der Waals surface area (Å²) in [7, 11) is 0. The van der Waals surface area contributed by atoms with Gasteiger partial charge in [-0.15, -0.1) is 0 Å². The lowest BCUT2D eigenvalue weighted by molar-refractivity contribution is 0.242. The van der Waals surface area contributed by atoms with Crippen molar-refractivity contribution < 1.29 is 4.74 Å². The fourth-order valence-corrected chi connectivity index (χ4v) is 2.30. The molecule has 0 radical (unpaired) electrons. The van der Waals surface area contributed by atoms with Gasteiger partial charge < -0.3 is 4.74 Å². The summed E-state index contributed by atoms with van der Waals surface area (Å²) in [6.07, 6.45) is 2.00. The first-order valence-electron chi connectivity index (χ1n) is 7.31. The Balaban J connectivity index is 2.36. The van der Waals surface area contributed by atoms with Gasteiger partial charge in [0, 0.05) is 17.5 Å². The van der Waals surface area contributed by atoms with Crippen LogP contribution in [0.5, 0.6) is 5.75 Å². The Hall–Kier alpha value is -1.61. The molecule has 0 saturated heterocycles. The molecule has 21 heavy (non-hydrogen) atoms. The zero-order chi connectivity index (χ0) is 15.4. The standard InChI is InChI=1S/C17H21ClN2O/c1-5-6-15-19-16(12(4)17(18)20-15)13-7-9-14(10-8-13)21-11(2)3/h7-11H,5-6H2,1-4H3. The largest absolute Gasteiger partial charge is 0.491 e. The smallest absolute Gasteiger partial charge is 0.136 e. The van der Waals surface area contributed by atoms with Crippen LogP contribution in [-0.2, 0) is 6.42 Å². The molecule has 112 valence electrons. The highest BCUT2D eigenvalue weighted by Gasteiger charge is 2.11. The van der Waals surface area contributed by atoms with Gasteiger partial charge in [-0.2, -0.15) is 0 Å². The number of hydrogen-bond donors (Lipinski definition) is 0. The number of halogens is 1. The molecule has 0 aliphatic rings. The molecule has 0 bridgehead atoms. The number of hydrogen-bond acceptors (Lipinski definition) is 3. The van der Waals surface area contributed by atoms with Crippen molar-refractivity contribution in [1.82, 2.24) is 9.97 Å². The van der Waals surface area contributed by atoms with Crippen molar-refractivity contribution in [2.75, 3.05) is 0 Å². The molecule has 0 spiro atoms. The molecule has 4 heteroatoms. The molecular formula is C17H21ClN2O. The first kappa shape index (κ1) is 15.8. The summed E-state index contributed by atoms with van der Waals surface area (Å²) in [5.74, 6) is 1.66. The van der Waals surface area contributed by atoms with Crippen molar-refractivity contribution in [3.8, 4) is 17.0 Å². The molecule has 0 atom stereocenters. The first-order valence-corrected chi connectivity index (χ1v) is 7.69. The molecule has 0 amide bonds. The van der Waals surface area contributed by atoms with Gasteiger partial charge in [-0.1, -0.05) is 18.5 Å². The average Bonchev–Trinajstić information content (AvgIpc) is 2.43. The SMILES string of the molecule is CCCc1nc(Cl)c(C)c(-c2ccc(OC(C)C)cc2)n1. The van der Waals surface area contributed by atoms with Crippen LogP contribution >= 0.6 is 11.6 Å². The Kier molecular flexibility index (Phi) is 5.18. The molecule has 0 N–H and O–H groups in total. The van der Waals surface area contributed by atoms with Crippen LogP contribution in [0.4, 0.5) is 0 Å². The van der Waals surface area contributed by atoms with Crippen LogP contribution in [-0.4, -0.2) is 16.1 Å². The second kappa shape index (κ2) is 6.90. The Bertz CT molecular complexity index is 609. The van der Waals surface area contributed by atoms with Crippen LogP contribution in [0.2, 0.25) is 5.15 Å². The van der Waals surface area contributed by atoms with E-state index in [2.05, 4.69) is 16.9 Å². The topological polar surface area (TPSA) is 35.0 Å². The molecule has 2 rings (SSSR count). The minimum atomic E-state index is 0.169. The summed E-state index contributed by atoms with van der Waals surface area (Å²) >= 11 is 6.23. The third kappa shape index (κ3) is 3.94. The van der Waals surface area contributed by atoms with Crippen LogP contribution in [0.1, 0.15) is 38.6 Å². The van der Waals surface area contributed by atoms with Gasteiger partial charge in [-0.05, 0) is 51.5 Å². The molecule has 0 saturated carbocycles. The summed E-state index contributed by atoms with van der Waals surface area (Å²) < 4.78 is 5.66. The van der Waals surface area contributed by atoms with E-state index in [0.29, 0.717) is 5.15 Å². The normalized spacial score (nSPS) is 11.0. The Labute approximate surface area is 131 Å². The van der Waals surface area contributed by atoms with Gasteiger partial charge in [0.05, 0.1) is 11.8 Å². The lowest BCUT2D eigenvalue weighted by Crippen LogP contribution is -2.05. The zero-order valence-corrected chi connectivity index (χ0v) is 13.7. The van der Waals surface area contributed by atoms with Crippen molar-refractivity contribution in [2.24, 2.45) is 0 Å². The van der Waals surface area contributed by atoms with Crippen molar-refractivity contribution in [2.45, 2.75) is 46.6 Å². The van der Waals surface area contributed by atoms with Crippen LogP contribution in [0.25, 0.3) is 11.3 Å². The average molecular weight is 305 g/mol. The monoisotopic (exact) mass is 304 g/mol. The summed E-state index contributed by atoms with van der Waals surface area (Å²) in [5, 5.41) is 0.533. The molecule has 1 aromatic carbocycles. The molecule has 1 heterocycles. The Morgan fingerprint density at radius 1 is 1.14 bits per heavy atom. The number of aryl methyl sites for hydroxylation is 1. The number of ether oxygens (including phenoxy) is 1. The van der Waals surface area contributed by atoms with E-state index >= 15 is 0 Å². The fourth-order valence-electron chi connectivity index (χ4n) is 2.11. The van der Waals surface area contributed by atoms with E-state index in [1.807, 2.05) is 45.0 Å². The van der Waals surface area contributed by atoms with Gasteiger partial charge in [0.25, 0.3) is 0 Å². The Morgan fingerprint density at radius 2 is 1.81 bits per heavy atom. The van der Waals surface area contributed by atoms with Crippen LogP contribution in [0, 0.1) is 6.92 Å². The first-order chi connectivity index (χ1) is 10.0. The third-order valence-electron chi connectivity index (χ3n) is 3.11. The molecule has 1 aromatic heterocycles. The van der Waals surface area contributed by atoms with Crippen LogP contribution in [0.3, 0.4) is 0 Å². The van der Waals surface area contributed by atoms with Gasteiger partial charge in [0.15, 0.2) is 0 Å². The van der Waals surface area contributed by atoms with Crippen LogP contribution in [0.15, 0.2) is 24.3 Å². The quantitative estimate of drug-likeness (QED) is 0.741. The maximum Gasteiger partial charge on any atom is 0.136 e. The highest BCUT2D eigenvalue weighted by atomic mass is 35.5. The minimum absolute atomic E-state index is 0.169. The van der Waals surface area contributed by atoms with Gasteiger partial charge in [-0.25, -0.2) is 9.97 Å². The lowest BCUT2D eigenvalue weighted by Gasteiger charge is -2.12. The van der Waals surface area contributed by atoms with E-state index in [0.717, 1.165) is 41.2 Å². The van der Waals surface area contributed by atoms with Gasteiger partial charge in [0.2, 0.25) is 0 Å². The second-order valence-electron chi connectivity index (χ2n) is 5.35. The van der Waals surface area contributed by atoms with E-state index in [4.69, 9.17) is 16.3 Å². The van der Waals surface area contributed by atoms with Crippen molar-refractivity contribution in [3.05, 3.63) is 40.8 Å². The van der Waals surface area contributed by atoms with E-state index in [1.165, 1.54) is 0 Å². The van der Waals surface area contributed by atoms with Crippen LogP contribution < -0.4 is 4.74 Å². The van der Waals surface area contributed by atoms with Crippen molar-refractivity contribution in [1.29, 1.82) is 0 Å². The van der Waals surface area contributed by atoms with Gasteiger partial charge >= 0.3 is 0 Å². The summed E-state index contributed by atoms with van der Waals surface area (Å²) in [4.78, 5) is 8.98. The summed E-state index contributed by atoms with van der Waals surface area (Å²) in [6, 6.07) is 7.95. The van der Waals surface area contributed by atoms with Gasteiger partial charge in [0.1, 0.15) is 16.7 Å².